The number of benzene rings is 1. The summed E-state index contributed by atoms with van der Waals surface area (Å²) in [6, 6.07) is 10.2. The third-order valence-electron chi connectivity index (χ3n) is 6.45. The fraction of sp³-hybridized carbons (Fsp3) is 0.458. The van der Waals surface area contributed by atoms with E-state index in [0.29, 0.717) is 0 Å². The number of aromatic nitrogens is 2. The Morgan fingerprint density at radius 1 is 1.13 bits per heavy atom. The third kappa shape index (κ3) is 3.80. The summed E-state index contributed by atoms with van der Waals surface area (Å²) in [5.41, 5.74) is 3.51. The summed E-state index contributed by atoms with van der Waals surface area (Å²) in [6.45, 7) is 7.43. The summed E-state index contributed by atoms with van der Waals surface area (Å²) in [4.78, 5) is 17.1. The van der Waals surface area contributed by atoms with Crippen LogP contribution in [0.2, 0.25) is 0 Å². The molecule has 154 valence electrons. The monoisotopic (exact) mass is 417 g/mol. The van der Waals surface area contributed by atoms with Gasteiger partial charge in [0.25, 0.3) is 0 Å². The molecule has 2 aliphatic rings. The fourth-order valence-electron chi connectivity index (χ4n) is 4.78. The minimum atomic E-state index is 0.724. The minimum Gasteiger partial charge on any atom is -0.355 e. The Labute approximate surface area is 182 Å². The number of aryl methyl sites for hydroxylation is 1. The average molecular weight is 418 g/mol. The summed E-state index contributed by atoms with van der Waals surface area (Å²) < 4.78 is 0. The Bertz CT molecular complexity index is 1080. The lowest BCUT2D eigenvalue weighted by Gasteiger charge is -2.24. The van der Waals surface area contributed by atoms with Gasteiger partial charge >= 0.3 is 0 Å². The maximum atomic E-state index is 9.00. The Morgan fingerprint density at radius 2 is 2.00 bits per heavy atom. The molecule has 0 N–H and O–H groups in total. The molecule has 0 spiro atoms. The average Bonchev–Trinajstić information content (AvgIpc) is 2.97. The summed E-state index contributed by atoms with van der Waals surface area (Å²) in [5.74, 6) is 1.92. The van der Waals surface area contributed by atoms with Gasteiger partial charge < -0.3 is 4.90 Å². The van der Waals surface area contributed by atoms with Gasteiger partial charge in [-0.25, -0.2) is 9.97 Å². The molecule has 1 fully saturated rings. The van der Waals surface area contributed by atoms with Crippen molar-refractivity contribution in [3.05, 3.63) is 52.2 Å². The molecule has 6 heteroatoms. The lowest BCUT2D eigenvalue weighted by Crippen LogP contribution is -2.31. The Kier molecular flexibility index (Phi) is 5.41. The highest BCUT2D eigenvalue weighted by Gasteiger charge is 2.25. The maximum absolute atomic E-state index is 9.00. The van der Waals surface area contributed by atoms with Crippen molar-refractivity contribution in [3.63, 3.8) is 0 Å². The van der Waals surface area contributed by atoms with Crippen LogP contribution >= 0.6 is 11.3 Å². The van der Waals surface area contributed by atoms with E-state index >= 15 is 0 Å². The Hall–Kier alpha value is -2.49. The Morgan fingerprint density at radius 3 is 2.83 bits per heavy atom. The van der Waals surface area contributed by atoms with Crippen molar-refractivity contribution in [1.82, 2.24) is 14.9 Å². The van der Waals surface area contributed by atoms with E-state index in [1.54, 1.807) is 6.33 Å². The van der Waals surface area contributed by atoms with E-state index in [1.807, 2.05) is 23.5 Å². The van der Waals surface area contributed by atoms with Crippen molar-refractivity contribution in [2.24, 2.45) is 5.92 Å². The number of nitriles is 1. The zero-order valence-electron chi connectivity index (χ0n) is 17.5. The largest absolute Gasteiger partial charge is 0.355 e. The van der Waals surface area contributed by atoms with Crippen molar-refractivity contribution in [3.8, 4) is 6.07 Å². The quantitative estimate of drug-likeness (QED) is 0.632. The molecule has 1 aliphatic heterocycles. The second-order valence-electron chi connectivity index (χ2n) is 8.65. The molecule has 3 heterocycles. The van der Waals surface area contributed by atoms with Crippen LogP contribution in [0.25, 0.3) is 10.2 Å². The van der Waals surface area contributed by atoms with E-state index in [0.717, 1.165) is 67.7 Å². The molecule has 5 rings (SSSR count). The molecule has 1 saturated heterocycles. The Balaban J connectivity index is 1.34. The predicted molar refractivity (Wildman–Crippen MR) is 122 cm³/mol. The van der Waals surface area contributed by atoms with Gasteiger partial charge in [0.05, 0.1) is 17.0 Å². The fourth-order valence-corrected chi connectivity index (χ4v) is 6.13. The van der Waals surface area contributed by atoms with Gasteiger partial charge in [0, 0.05) is 37.6 Å². The summed E-state index contributed by atoms with van der Waals surface area (Å²) >= 11 is 1.88. The summed E-state index contributed by atoms with van der Waals surface area (Å²) in [5, 5.41) is 10.3. The first-order chi connectivity index (χ1) is 14.7. The van der Waals surface area contributed by atoms with Crippen molar-refractivity contribution >= 4 is 27.4 Å². The van der Waals surface area contributed by atoms with Gasteiger partial charge in [0.15, 0.2) is 0 Å². The van der Waals surface area contributed by atoms with Crippen LogP contribution in [0.1, 0.15) is 41.3 Å². The van der Waals surface area contributed by atoms with Gasteiger partial charge in [0.1, 0.15) is 17.0 Å². The van der Waals surface area contributed by atoms with Crippen LogP contribution in [0.15, 0.2) is 30.6 Å². The molecule has 2 aromatic heterocycles. The topological polar surface area (TPSA) is 56.1 Å². The number of rotatable bonds is 3. The molecule has 0 saturated carbocycles. The molecular weight excluding hydrogens is 390 g/mol. The van der Waals surface area contributed by atoms with Crippen LogP contribution in [-0.4, -0.2) is 41.0 Å². The SMILES string of the molecule is CC1CCc2c(sc3ncnc(N4CCCN(Cc5ccc(C#N)cc5)CC4)c23)C1. The zero-order chi connectivity index (χ0) is 20.5. The van der Waals surface area contributed by atoms with E-state index in [1.165, 1.54) is 34.2 Å². The summed E-state index contributed by atoms with van der Waals surface area (Å²) in [6.07, 6.45) is 6.50. The van der Waals surface area contributed by atoms with Crippen LogP contribution in [0.5, 0.6) is 0 Å². The number of thiophene rings is 1. The second kappa shape index (κ2) is 8.33. The molecule has 5 nitrogen and oxygen atoms in total. The number of hydrogen-bond donors (Lipinski definition) is 0. The van der Waals surface area contributed by atoms with Gasteiger partial charge in [-0.2, -0.15) is 5.26 Å². The number of anilines is 1. The van der Waals surface area contributed by atoms with Crippen molar-refractivity contribution in [2.45, 2.75) is 39.2 Å². The van der Waals surface area contributed by atoms with E-state index in [-0.39, 0.29) is 0 Å². The molecule has 1 atom stereocenters. The zero-order valence-corrected chi connectivity index (χ0v) is 18.3. The molecule has 1 aromatic carbocycles. The van der Waals surface area contributed by atoms with E-state index in [2.05, 4.69) is 39.9 Å². The normalized spacial score (nSPS) is 20.0. The minimum absolute atomic E-state index is 0.724. The van der Waals surface area contributed by atoms with E-state index < -0.39 is 0 Å². The second-order valence-corrected chi connectivity index (χ2v) is 9.74. The number of hydrogen-bond acceptors (Lipinski definition) is 6. The predicted octanol–water partition coefficient (Wildman–Crippen LogP) is 4.40. The lowest BCUT2D eigenvalue weighted by atomic mass is 9.89. The highest BCUT2D eigenvalue weighted by Crippen LogP contribution is 2.40. The van der Waals surface area contributed by atoms with Crippen molar-refractivity contribution in [1.29, 1.82) is 5.26 Å². The lowest BCUT2D eigenvalue weighted by molar-refractivity contribution is 0.285. The number of fused-ring (bicyclic) bond motifs is 3. The van der Waals surface area contributed by atoms with Gasteiger partial charge in [0.2, 0.25) is 0 Å². The highest BCUT2D eigenvalue weighted by atomic mass is 32.1. The van der Waals surface area contributed by atoms with Crippen molar-refractivity contribution in [2.75, 3.05) is 31.1 Å². The molecule has 30 heavy (non-hydrogen) atoms. The number of nitrogens with zero attached hydrogens (tertiary/aromatic N) is 5. The first-order valence-electron chi connectivity index (χ1n) is 10.9. The van der Waals surface area contributed by atoms with Gasteiger partial charge in [-0.15, -0.1) is 11.3 Å². The summed E-state index contributed by atoms with van der Waals surface area (Å²) in [7, 11) is 0. The first kappa shape index (κ1) is 19.5. The molecule has 0 radical (unpaired) electrons. The highest BCUT2D eigenvalue weighted by molar-refractivity contribution is 7.19. The molecule has 0 bridgehead atoms. The first-order valence-corrected chi connectivity index (χ1v) is 11.7. The van der Waals surface area contributed by atoms with E-state index in [9.17, 15) is 0 Å². The van der Waals surface area contributed by atoms with Crippen molar-refractivity contribution < 1.29 is 0 Å². The molecule has 0 amide bonds. The van der Waals surface area contributed by atoms with Crippen LogP contribution in [0, 0.1) is 17.2 Å². The molecule has 1 aliphatic carbocycles. The van der Waals surface area contributed by atoms with Gasteiger partial charge in [-0.3, -0.25) is 4.90 Å². The standard InChI is InChI=1S/C24H27N5S/c1-17-3-8-20-21(13-17)30-24-22(20)23(26-16-27-24)29-10-2-9-28(11-12-29)15-19-6-4-18(14-25)5-7-19/h4-7,16-17H,2-3,8-13,15H2,1H3. The smallest absolute Gasteiger partial charge is 0.141 e. The van der Waals surface area contributed by atoms with Crippen LogP contribution in [-0.2, 0) is 19.4 Å². The molecular formula is C24H27N5S. The van der Waals surface area contributed by atoms with Gasteiger partial charge in [-0.1, -0.05) is 19.1 Å². The van der Waals surface area contributed by atoms with Crippen LogP contribution in [0.4, 0.5) is 5.82 Å². The molecule has 1 unspecified atom stereocenters. The van der Waals surface area contributed by atoms with Crippen LogP contribution in [0.3, 0.4) is 0 Å². The van der Waals surface area contributed by atoms with Crippen LogP contribution < -0.4 is 4.90 Å². The third-order valence-corrected chi connectivity index (χ3v) is 7.61. The maximum Gasteiger partial charge on any atom is 0.141 e. The molecule has 3 aromatic rings. The van der Waals surface area contributed by atoms with Gasteiger partial charge in [-0.05, 0) is 54.9 Å². The van der Waals surface area contributed by atoms with E-state index in [4.69, 9.17) is 10.2 Å².